The average Bonchev–Trinajstić information content (AvgIpc) is 2.30. The van der Waals surface area contributed by atoms with Crippen LogP contribution < -0.4 is 4.74 Å². The predicted molar refractivity (Wildman–Crippen MR) is 61.3 cm³/mol. The number of allylic oxidation sites excluding steroid dienone is 2. The van der Waals surface area contributed by atoms with E-state index >= 15 is 0 Å². The number of ketones is 1. The van der Waals surface area contributed by atoms with E-state index in [2.05, 4.69) is 0 Å². The van der Waals surface area contributed by atoms with Crippen LogP contribution in [-0.2, 0) is 0 Å². The Morgan fingerprint density at radius 1 is 1.50 bits per heavy atom. The van der Waals surface area contributed by atoms with Crippen molar-refractivity contribution in [2.75, 3.05) is 7.11 Å². The van der Waals surface area contributed by atoms with Crippen LogP contribution >= 0.6 is 0 Å². The van der Waals surface area contributed by atoms with E-state index in [9.17, 15) is 9.18 Å². The molecule has 0 saturated carbocycles. The molecule has 0 amide bonds. The smallest absolute Gasteiger partial charge is 0.188 e. The lowest BCUT2D eigenvalue weighted by molar-refractivity contribution is 0.103. The molecule has 0 spiro atoms. The van der Waals surface area contributed by atoms with Gasteiger partial charge in [-0.3, -0.25) is 4.79 Å². The van der Waals surface area contributed by atoms with Crippen molar-refractivity contribution in [1.82, 2.24) is 0 Å². The van der Waals surface area contributed by atoms with Crippen molar-refractivity contribution in [3.63, 3.8) is 0 Å². The number of ether oxygens (including phenoxy) is 1. The van der Waals surface area contributed by atoms with Crippen molar-refractivity contribution in [3.8, 4) is 5.75 Å². The second kappa shape index (κ2) is 5.45. The van der Waals surface area contributed by atoms with Crippen LogP contribution in [-0.4, -0.2) is 12.9 Å². The van der Waals surface area contributed by atoms with Gasteiger partial charge in [-0.2, -0.15) is 0 Å². The topological polar surface area (TPSA) is 26.3 Å². The molecule has 0 fully saturated rings. The molecule has 86 valence electrons. The summed E-state index contributed by atoms with van der Waals surface area (Å²) in [5, 5.41) is 0. The zero-order chi connectivity index (χ0) is 12.1. The summed E-state index contributed by atoms with van der Waals surface area (Å²) in [5.41, 5.74) is 1.04. The minimum Gasteiger partial charge on any atom is -0.494 e. The maximum atomic E-state index is 13.4. The highest BCUT2D eigenvalue weighted by molar-refractivity contribution is 6.08. The zero-order valence-electron chi connectivity index (χ0n) is 9.71. The molecule has 0 aliphatic rings. The molecule has 0 bridgehead atoms. The fourth-order valence-corrected chi connectivity index (χ4v) is 1.49. The maximum absolute atomic E-state index is 13.4. The van der Waals surface area contributed by atoms with Crippen molar-refractivity contribution in [3.05, 3.63) is 41.2 Å². The number of Topliss-reactive ketones (excluding diaryl/α,β-unsaturated/α-hetero) is 1. The molecule has 0 heterocycles. The van der Waals surface area contributed by atoms with E-state index in [0.717, 1.165) is 0 Å². The highest BCUT2D eigenvalue weighted by Gasteiger charge is 2.12. The lowest BCUT2D eigenvalue weighted by Gasteiger charge is -2.06. The van der Waals surface area contributed by atoms with Gasteiger partial charge in [0.25, 0.3) is 0 Å². The number of hydrogen-bond acceptors (Lipinski definition) is 2. The molecular weight excluding hydrogens is 207 g/mol. The normalized spacial score (nSPS) is 11.4. The summed E-state index contributed by atoms with van der Waals surface area (Å²) in [6, 6.07) is 4.25. The first-order chi connectivity index (χ1) is 7.63. The quantitative estimate of drug-likeness (QED) is 0.576. The molecule has 0 atom stereocenters. The van der Waals surface area contributed by atoms with E-state index in [1.165, 1.54) is 19.2 Å². The Morgan fingerprint density at radius 3 is 2.62 bits per heavy atom. The molecule has 1 aromatic carbocycles. The average molecular weight is 222 g/mol. The fourth-order valence-electron chi connectivity index (χ4n) is 1.49. The molecule has 0 radical (unpaired) electrons. The van der Waals surface area contributed by atoms with Crippen LogP contribution in [0.4, 0.5) is 4.39 Å². The second-order valence-corrected chi connectivity index (χ2v) is 3.35. The Hall–Kier alpha value is -1.64. The molecule has 0 N–H and O–H groups in total. The Morgan fingerprint density at radius 2 is 2.19 bits per heavy atom. The summed E-state index contributed by atoms with van der Waals surface area (Å²) in [4.78, 5) is 11.9. The lowest BCUT2D eigenvalue weighted by atomic mass is 10.0. The number of carbonyl (C=O) groups is 1. The maximum Gasteiger partial charge on any atom is 0.188 e. The number of methoxy groups -OCH3 is 1. The number of benzene rings is 1. The SMILES string of the molecule is C/C=C(/CC)C(=O)c1ccc(OC)c(F)c1. The summed E-state index contributed by atoms with van der Waals surface area (Å²) in [6.45, 7) is 3.70. The first-order valence-corrected chi connectivity index (χ1v) is 5.17. The molecular formula is C13H15FO2. The van der Waals surface area contributed by atoms with Crippen molar-refractivity contribution in [1.29, 1.82) is 0 Å². The van der Waals surface area contributed by atoms with Gasteiger partial charge in [0.2, 0.25) is 0 Å². The van der Waals surface area contributed by atoms with E-state index in [-0.39, 0.29) is 11.5 Å². The minimum absolute atomic E-state index is 0.133. The molecule has 1 aromatic rings. The van der Waals surface area contributed by atoms with Crippen LogP contribution in [0.3, 0.4) is 0 Å². The first kappa shape index (κ1) is 12.4. The Bertz CT molecular complexity index is 422. The third-order valence-electron chi connectivity index (χ3n) is 2.43. The molecule has 3 heteroatoms. The molecule has 0 aromatic heterocycles. The number of rotatable bonds is 4. The van der Waals surface area contributed by atoms with Crippen LogP contribution in [0, 0.1) is 5.82 Å². The summed E-state index contributed by atoms with van der Waals surface area (Å²) in [7, 11) is 1.39. The van der Waals surface area contributed by atoms with Crippen LogP contribution in [0.2, 0.25) is 0 Å². The monoisotopic (exact) mass is 222 g/mol. The van der Waals surface area contributed by atoms with Gasteiger partial charge in [-0.15, -0.1) is 0 Å². The van der Waals surface area contributed by atoms with Crippen LogP contribution in [0.25, 0.3) is 0 Å². The Labute approximate surface area is 94.7 Å². The van der Waals surface area contributed by atoms with Gasteiger partial charge in [-0.05, 0) is 37.1 Å². The zero-order valence-corrected chi connectivity index (χ0v) is 9.71. The third kappa shape index (κ3) is 2.48. The van der Waals surface area contributed by atoms with Crippen LogP contribution in [0.1, 0.15) is 30.6 Å². The van der Waals surface area contributed by atoms with Gasteiger partial charge in [0.1, 0.15) is 0 Å². The number of halogens is 1. The highest BCUT2D eigenvalue weighted by Crippen LogP contribution is 2.20. The largest absolute Gasteiger partial charge is 0.494 e. The van der Waals surface area contributed by atoms with Gasteiger partial charge in [-0.25, -0.2) is 4.39 Å². The van der Waals surface area contributed by atoms with E-state index in [1.54, 1.807) is 19.1 Å². The van der Waals surface area contributed by atoms with Crippen molar-refractivity contribution in [2.45, 2.75) is 20.3 Å². The van der Waals surface area contributed by atoms with Gasteiger partial charge in [0.05, 0.1) is 7.11 Å². The molecule has 1 rings (SSSR count). The Balaban J connectivity index is 3.06. The third-order valence-corrected chi connectivity index (χ3v) is 2.43. The number of carbonyl (C=O) groups excluding carboxylic acids is 1. The molecule has 0 aliphatic heterocycles. The molecule has 0 unspecified atom stereocenters. The summed E-state index contributed by atoms with van der Waals surface area (Å²) in [6.07, 6.45) is 2.40. The summed E-state index contributed by atoms with van der Waals surface area (Å²) in [5.74, 6) is -0.499. The van der Waals surface area contributed by atoms with E-state index < -0.39 is 5.82 Å². The minimum atomic E-state index is -0.514. The molecule has 0 aliphatic carbocycles. The van der Waals surface area contributed by atoms with Gasteiger partial charge in [0, 0.05) is 5.56 Å². The lowest BCUT2D eigenvalue weighted by Crippen LogP contribution is -2.03. The van der Waals surface area contributed by atoms with Gasteiger partial charge >= 0.3 is 0 Å². The predicted octanol–water partition coefficient (Wildman–Crippen LogP) is 3.37. The molecule has 16 heavy (non-hydrogen) atoms. The van der Waals surface area contributed by atoms with Crippen molar-refractivity contribution >= 4 is 5.78 Å². The highest BCUT2D eigenvalue weighted by atomic mass is 19.1. The van der Waals surface area contributed by atoms with Crippen LogP contribution in [0.5, 0.6) is 5.75 Å². The molecule has 2 nitrogen and oxygen atoms in total. The van der Waals surface area contributed by atoms with Crippen LogP contribution in [0.15, 0.2) is 29.8 Å². The van der Waals surface area contributed by atoms with Gasteiger partial charge in [0.15, 0.2) is 17.3 Å². The van der Waals surface area contributed by atoms with E-state index in [1.807, 2.05) is 6.92 Å². The first-order valence-electron chi connectivity index (χ1n) is 5.17. The fraction of sp³-hybridized carbons (Fsp3) is 0.308. The van der Waals surface area contributed by atoms with Crippen molar-refractivity contribution in [2.24, 2.45) is 0 Å². The Kier molecular flexibility index (Phi) is 4.23. The van der Waals surface area contributed by atoms with Crippen molar-refractivity contribution < 1.29 is 13.9 Å². The summed E-state index contributed by atoms with van der Waals surface area (Å²) < 4.78 is 18.2. The number of hydrogen-bond donors (Lipinski definition) is 0. The van der Waals surface area contributed by atoms with Gasteiger partial charge in [-0.1, -0.05) is 13.0 Å². The van der Waals surface area contributed by atoms with E-state index in [0.29, 0.717) is 17.6 Å². The summed E-state index contributed by atoms with van der Waals surface area (Å²) >= 11 is 0. The van der Waals surface area contributed by atoms with Gasteiger partial charge < -0.3 is 4.74 Å². The second-order valence-electron chi connectivity index (χ2n) is 3.35. The molecule has 0 saturated heterocycles. The standard InChI is InChI=1S/C13H15FO2/c1-4-9(5-2)13(15)10-6-7-12(16-3)11(14)8-10/h4,6-8H,5H2,1-3H3/b9-4-. The van der Waals surface area contributed by atoms with E-state index in [4.69, 9.17) is 4.74 Å².